The van der Waals surface area contributed by atoms with E-state index in [1.54, 1.807) is 0 Å². The Morgan fingerprint density at radius 1 is 0.900 bits per heavy atom. The zero-order valence-electron chi connectivity index (χ0n) is 14.7. The van der Waals surface area contributed by atoms with E-state index in [2.05, 4.69) is 4.99 Å². The van der Waals surface area contributed by atoms with Gasteiger partial charge in [0.25, 0.3) is 12.1 Å². The van der Waals surface area contributed by atoms with Crippen molar-refractivity contribution in [3.05, 3.63) is 77.8 Å². The number of alkyl halides is 6. The Morgan fingerprint density at radius 2 is 1.47 bits per heavy atom. The van der Waals surface area contributed by atoms with E-state index in [-0.39, 0.29) is 10.5 Å². The topological polar surface area (TPSA) is 46.5 Å². The molecule has 3 rings (SSSR count). The summed E-state index contributed by atoms with van der Waals surface area (Å²) in [6.45, 7) is 0. The molecular formula is C19H12F7NO2S. The van der Waals surface area contributed by atoms with Gasteiger partial charge in [-0.15, -0.1) is 0 Å². The summed E-state index contributed by atoms with van der Waals surface area (Å²) < 4.78 is 116. The molecule has 2 atom stereocenters. The molecule has 0 bridgehead atoms. The molecule has 0 saturated heterocycles. The molecule has 2 aromatic rings. The fourth-order valence-corrected chi connectivity index (χ4v) is 4.80. The van der Waals surface area contributed by atoms with Crippen LogP contribution in [0.15, 0.2) is 70.7 Å². The molecule has 1 aliphatic heterocycles. The Kier molecular flexibility index (Phi) is 5.30. The molecular weight excluding hydrogens is 439 g/mol. The lowest BCUT2D eigenvalue weighted by atomic mass is 9.91. The van der Waals surface area contributed by atoms with Crippen LogP contribution in [0.1, 0.15) is 11.1 Å². The van der Waals surface area contributed by atoms with E-state index in [0.717, 1.165) is 54.9 Å². The molecule has 1 unspecified atom stereocenters. The molecule has 1 heterocycles. The highest BCUT2D eigenvalue weighted by molar-refractivity contribution is 7.93. The van der Waals surface area contributed by atoms with Crippen molar-refractivity contribution in [2.75, 3.05) is 0 Å². The first-order valence-corrected chi connectivity index (χ1v) is 9.71. The van der Waals surface area contributed by atoms with Gasteiger partial charge in [0, 0.05) is 18.0 Å². The van der Waals surface area contributed by atoms with Crippen molar-refractivity contribution in [1.82, 2.24) is 0 Å². The van der Waals surface area contributed by atoms with Crippen molar-refractivity contribution >= 4 is 16.1 Å². The van der Waals surface area contributed by atoms with Gasteiger partial charge in [-0.05, 0) is 35.9 Å². The Labute approximate surface area is 166 Å². The molecule has 30 heavy (non-hydrogen) atoms. The van der Waals surface area contributed by atoms with Crippen LogP contribution >= 0.6 is 0 Å². The van der Waals surface area contributed by atoms with Crippen molar-refractivity contribution in [2.45, 2.75) is 27.9 Å². The third-order valence-corrected chi connectivity index (χ3v) is 6.97. The molecule has 1 aliphatic rings. The second-order valence-corrected chi connectivity index (χ2v) is 8.59. The van der Waals surface area contributed by atoms with Crippen molar-refractivity contribution in [1.29, 1.82) is 0 Å². The summed E-state index contributed by atoms with van der Waals surface area (Å²) >= 11 is 0. The number of nitrogens with zero attached hydrogens (tertiary/aromatic N) is 1. The number of halogens is 7. The minimum Gasteiger partial charge on any atom is -0.267 e. The van der Waals surface area contributed by atoms with Crippen molar-refractivity contribution in [2.24, 2.45) is 4.99 Å². The molecule has 2 aromatic carbocycles. The van der Waals surface area contributed by atoms with E-state index in [0.29, 0.717) is 12.1 Å². The number of benzene rings is 2. The lowest BCUT2D eigenvalue weighted by Crippen LogP contribution is -2.44. The first-order chi connectivity index (χ1) is 13.9. The van der Waals surface area contributed by atoms with Crippen molar-refractivity contribution in [3.63, 3.8) is 0 Å². The predicted molar refractivity (Wildman–Crippen MR) is 94.2 cm³/mol. The van der Waals surface area contributed by atoms with Gasteiger partial charge in [0.2, 0.25) is 0 Å². The van der Waals surface area contributed by atoms with Crippen LogP contribution in [0.25, 0.3) is 0 Å². The molecule has 3 nitrogen and oxygen atoms in total. The smallest absolute Gasteiger partial charge is 0.267 e. The van der Waals surface area contributed by atoms with Crippen LogP contribution in [-0.4, -0.2) is 27.2 Å². The average Bonchev–Trinajstić information content (AvgIpc) is 3.18. The van der Waals surface area contributed by atoms with Gasteiger partial charge in [-0.25, -0.2) is 26.0 Å². The Hall–Kier alpha value is -2.69. The van der Waals surface area contributed by atoms with Gasteiger partial charge in [0.05, 0.1) is 4.90 Å². The minimum absolute atomic E-state index is 0.160. The number of hydrogen-bond acceptors (Lipinski definition) is 3. The Balaban J connectivity index is 2.12. The second-order valence-electron chi connectivity index (χ2n) is 6.43. The van der Waals surface area contributed by atoms with E-state index < -0.39 is 44.2 Å². The van der Waals surface area contributed by atoms with E-state index >= 15 is 0 Å². The summed E-state index contributed by atoms with van der Waals surface area (Å²) in [5.41, 5.74) is -6.46. The summed E-state index contributed by atoms with van der Waals surface area (Å²) in [5.74, 6) is -0.693. The molecule has 0 aromatic heterocycles. The monoisotopic (exact) mass is 451 g/mol. The quantitative estimate of drug-likeness (QED) is 0.470. The van der Waals surface area contributed by atoms with Crippen LogP contribution in [0.5, 0.6) is 0 Å². The first-order valence-electron chi connectivity index (χ1n) is 8.23. The third kappa shape index (κ3) is 3.21. The van der Waals surface area contributed by atoms with Gasteiger partial charge in [-0.1, -0.05) is 24.3 Å². The third-order valence-electron chi connectivity index (χ3n) is 4.71. The van der Waals surface area contributed by atoms with Crippen molar-refractivity contribution < 1.29 is 39.2 Å². The van der Waals surface area contributed by atoms with Crippen LogP contribution in [0.3, 0.4) is 0 Å². The molecule has 0 saturated carbocycles. The number of sulfone groups is 1. The highest BCUT2D eigenvalue weighted by Crippen LogP contribution is 2.47. The van der Waals surface area contributed by atoms with E-state index in [9.17, 15) is 39.2 Å². The fourth-order valence-electron chi connectivity index (χ4n) is 3.03. The predicted octanol–water partition coefficient (Wildman–Crippen LogP) is 5.09. The van der Waals surface area contributed by atoms with Crippen molar-refractivity contribution in [3.8, 4) is 0 Å². The SMILES string of the molecule is O=S(=O)(c1ccc(F)cc1)[C@@]1(c2ccc(C(F)(C(F)F)C(F)(F)F)cc2)C=CN=C1. The van der Waals surface area contributed by atoms with Crippen LogP contribution in [-0.2, 0) is 20.3 Å². The molecule has 11 heteroatoms. The molecule has 0 fully saturated rings. The highest BCUT2D eigenvalue weighted by atomic mass is 32.2. The second kappa shape index (κ2) is 7.22. The highest BCUT2D eigenvalue weighted by Gasteiger charge is 2.64. The van der Waals surface area contributed by atoms with Gasteiger partial charge in [-0.2, -0.15) is 13.2 Å². The zero-order chi connectivity index (χ0) is 22.4. The summed E-state index contributed by atoms with van der Waals surface area (Å²) in [7, 11) is -4.33. The summed E-state index contributed by atoms with van der Waals surface area (Å²) in [6, 6.07) is 6.32. The molecule has 160 valence electrons. The fraction of sp³-hybridized carbons (Fsp3) is 0.211. The molecule has 0 radical (unpaired) electrons. The minimum atomic E-state index is -5.89. The summed E-state index contributed by atoms with van der Waals surface area (Å²) in [5, 5.41) is 0. The maximum absolute atomic E-state index is 14.2. The molecule has 0 spiro atoms. The number of aliphatic imine (C=N–C) groups is 1. The van der Waals surface area contributed by atoms with Crippen LogP contribution in [0, 0.1) is 5.82 Å². The van der Waals surface area contributed by atoms with Gasteiger partial charge in [0.1, 0.15) is 5.82 Å². The summed E-state index contributed by atoms with van der Waals surface area (Å²) in [6.07, 6.45) is -7.05. The van der Waals surface area contributed by atoms with Crippen LogP contribution in [0.2, 0.25) is 0 Å². The standard InChI is InChI=1S/C19H12F7NO2S/c20-14-5-7-15(8-6-14)30(28,29)17(9-10-27-11-17)12-1-3-13(4-2-12)18(23,16(21)22)19(24,25)26/h1-11,16H/t17-,18?/m0/s1. The largest absolute Gasteiger partial charge is 0.432 e. The van der Waals surface area contributed by atoms with Crippen LogP contribution < -0.4 is 0 Å². The maximum atomic E-state index is 14.2. The first kappa shape index (κ1) is 22.0. The lowest BCUT2D eigenvalue weighted by molar-refractivity contribution is -0.274. The van der Waals surface area contributed by atoms with E-state index in [1.807, 2.05) is 0 Å². The Bertz CT molecular complexity index is 1080. The average molecular weight is 451 g/mol. The molecule has 0 amide bonds. The van der Waals surface area contributed by atoms with Gasteiger partial charge in [0.15, 0.2) is 14.6 Å². The zero-order valence-corrected chi connectivity index (χ0v) is 15.6. The molecule has 0 N–H and O–H groups in total. The number of hydrogen-bond donors (Lipinski definition) is 0. The molecule has 0 aliphatic carbocycles. The van der Waals surface area contributed by atoms with Gasteiger partial charge >= 0.3 is 6.18 Å². The van der Waals surface area contributed by atoms with Gasteiger partial charge < -0.3 is 0 Å². The Morgan fingerprint density at radius 3 is 1.90 bits per heavy atom. The van der Waals surface area contributed by atoms with E-state index in [1.165, 1.54) is 0 Å². The number of rotatable bonds is 5. The van der Waals surface area contributed by atoms with E-state index in [4.69, 9.17) is 0 Å². The normalized spacial score (nSPS) is 21.2. The maximum Gasteiger partial charge on any atom is 0.432 e. The summed E-state index contributed by atoms with van der Waals surface area (Å²) in [4.78, 5) is 3.42. The van der Waals surface area contributed by atoms with Crippen LogP contribution in [0.4, 0.5) is 30.7 Å². The lowest BCUT2D eigenvalue weighted by Gasteiger charge is -2.29. The van der Waals surface area contributed by atoms with Gasteiger partial charge in [-0.3, -0.25) is 4.99 Å².